The molecule has 0 saturated heterocycles. The zero-order valence-corrected chi connectivity index (χ0v) is 6.63. The first-order valence-electron chi connectivity index (χ1n) is 3.68. The zero-order valence-electron chi connectivity index (χ0n) is 6.63. The summed E-state index contributed by atoms with van der Waals surface area (Å²) < 4.78 is 9.60. The van der Waals surface area contributed by atoms with Gasteiger partial charge in [-0.05, 0) is 18.4 Å². The molecule has 0 aromatic heterocycles. The van der Waals surface area contributed by atoms with E-state index in [0.717, 1.165) is 25.0 Å². The van der Waals surface area contributed by atoms with Crippen LogP contribution in [0.3, 0.4) is 0 Å². The Morgan fingerprint density at radius 2 is 2.55 bits per heavy atom. The number of methoxy groups -OCH3 is 1. The van der Waals surface area contributed by atoms with Gasteiger partial charge >= 0.3 is 5.97 Å². The second-order valence-corrected chi connectivity index (χ2v) is 2.51. The molecule has 0 aliphatic carbocycles. The Morgan fingerprint density at radius 3 is 3.09 bits per heavy atom. The number of esters is 1. The smallest absolute Gasteiger partial charge is 0.331 e. The SMILES string of the molecule is COCCCC1=CC(=O)OC1. The van der Waals surface area contributed by atoms with E-state index in [2.05, 4.69) is 0 Å². The minimum Gasteiger partial charge on any atom is -0.458 e. The zero-order chi connectivity index (χ0) is 8.10. The lowest BCUT2D eigenvalue weighted by Gasteiger charge is -1.98. The van der Waals surface area contributed by atoms with Gasteiger partial charge in [0.15, 0.2) is 0 Å². The maximum absolute atomic E-state index is 10.6. The Morgan fingerprint density at radius 1 is 1.73 bits per heavy atom. The molecule has 0 atom stereocenters. The minimum atomic E-state index is -0.211. The maximum atomic E-state index is 10.6. The summed E-state index contributed by atoms with van der Waals surface area (Å²) in [5, 5.41) is 0. The van der Waals surface area contributed by atoms with E-state index in [1.54, 1.807) is 13.2 Å². The molecule has 0 aromatic rings. The van der Waals surface area contributed by atoms with Crippen molar-refractivity contribution in [3.63, 3.8) is 0 Å². The molecule has 0 bridgehead atoms. The van der Waals surface area contributed by atoms with Crippen LogP contribution in [0.25, 0.3) is 0 Å². The summed E-state index contributed by atoms with van der Waals surface area (Å²) in [5.41, 5.74) is 1.08. The van der Waals surface area contributed by atoms with Crippen LogP contribution in [0.2, 0.25) is 0 Å². The number of cyclic esters (lactones) is 1. The third kappa shape index (κ3) is 2.72. The molecule has 0 aromatic carbocycles. The molecule has 11 heavy (non-hydrogen) atoms. The highest BCUT2D eigenvalue weighted by Gasteiger charge is 2.11. The van der Waals surface area contributed by atoms with E-state index in [1.165, 1.54) is 0 Å². The highest BCUT2D eigenvalue weighted by atomic mass is 16.5. The van der Waals surface area contributed by atoms with E-state index >= 15 is 0 Å². The summed E-state index contributed by atoms with van der Waals surface area (Å²) in [7, 11) is 1.67. The van der Waals surface area contributed by atoms with Crippen LogP contribution in [0.5, 0.6) is 0 Å². The van der Waals surface area contributed by atoms with Crippen LogP contribution in [0, 0.1) is 0 Å². The summed E-state index contributed by atoms with van der Waals surface area (Å²) in [6.07, 6.45) is 3.42. The van der Waals surface area contributed by atoms with Gasteiger partial charge in [-0.3, -0.25) is 0 Å². The average Bonchev–Trinajstić information content (AvgIpc) is 2.37. The molecule has 0 N–H and O–H groups in total. The Kier molecular flexibility index (Phi) is 3.11. The third-order valence-electron chi connectivity index (χ3n) is 1.57. The van der Waals surface area contributed by atoms with Gasteiger partial charge in [-0.2, -0.15) is 0 Å². The van der Waals surface area contributed by atoms with E-state index in [4.69, 9.17) is 9.47 Å². The van der Waals surface area contributed by atoms with Crippen LogP contribution in [-0.4, -0.2) is 26.3 Å². The van der Waals surface area contributed by atoms with Gasteiger partial charge in [-0.15, -0.1) is 0 Å². The second-order valence-electron chi connectivity index (χ2n) is 2.51. The molecular weight excluding hydrogens is 144 g/mol. The summed E-state index contributed by atoms with van der Waals surface area (Å²) in [6.45, 7) is 1.22. The Labute approximate surface area is 66.0 Å². The Hall–Kier alpha value is -0.830. The van der Waals surface area contributed by atoms with Gasteiger partial charge < -0.3 is 9.47 Å². The molecule has 1 aliphatic rings. The second kappa shape index (κ2) is 4.13. The number of carbonyl (C=O) groups excluding carboxylic acids is 1. The standard InChI is InChI=1S/C8H12O3/c1-10-4-2-3-7-5-8(9)11-6-7/h5H,2-4,6H2,1H3. The lowest BCUT2D eigenvalue weighted by molar-refractivity contribution is -0.134. The first kappa shape index (κ1) is 8.27. The number of carbonyl (C=O) groups is 1. The lowest BCUT2D eigenvalue weighted by Crippen LogP contribution is -1.93. The fourth-order valence-corrected chi connectivity index (χ4v) is 1.00. The number of hydrogen-bond donors (Lipinski definition) is 0. The molecule has 3 heteroatoms. The third-order valence-corrected chi connectivity index (χ3v) is 1.57. The van der Waals surface area contributed by atoms with E-state index in [-0.39, 0.29) is 5.97 Å². The molecule has 0 radical (unpaired) electrons. The van der Waals surface area contributed by atoms with Crippen molar-refractivity contribution in [1.29, 1.82) is 0 Å². The van der Waals surface area contributed by atoms with E-state index in [9.17, 15) is 4.79 Å². The van der Waals surface area contributed by atoms with Gasteiger partial charge in [0.25, 0.3) is 0 Å². The molecule has 0 amide bonds. The van der Waals surface area contributed by atoms with Crippen molar-refractivity contribution < 1.29 is 14.3 Å². The van der Waals surface area contributed by atoms with Crippen molar-refractivity contribution >= 4 is 5.97 Å². The van der Waals surface area contributed by atoms with Crippen LogP contribution in [-0.2, 0) is 14.3 Å². The van der Waals surface area contributed by atoms with Gasteiger partial charge in [0.05, 0.1) is 0 Å². The predicted molar refractivity (Wildman–Crippen MR) is 40.2 cm³/mol. The highest BCUT2D eigenvalue weighted by Crippen LogP contribution is 2.11. The first-order valence-corrected chi connectivity index (χ1v) is 3.68. The van der Waals surface area contributed by atoms with Crippen molar-refractivity contribution in [3.8, 4) is 0 Å². The summed E-state index contributed by atoms with van der Waals surface area (Å²) in [5.74, 6) is -0.211. The van der Waals surface area contributed by atoms with E-state index in [1.807, 2.05) is 0 Å². The monoisotopic (exact) mass is 156 g/mol. The van der Waals surface area contributed by atoms with Gasteiger partial charge in [0, 0.05) is 19.8 Å². The number of hydrogen-bond acceptors (Lipinski definition) is 3. The van der Waals surface area contributed by atoms with Crippen LogP contribution in [0.1, 0.15) is 12.8 Å². The summed E-state index contributed by atoms with van der Waals surface area (Å²) in [6, 6.07) is 0. The molecule has 62 valence electrons. The number of rotatable bonds is 4. The molecule has 1 heterocycles. The van der Waals surface area contributed by atoms with Crippen molar-refractivity contribution in [2.45, 2.75) is 12.8 Å². The molecule has 0 fully saturated rings. The maximum Gasteiger partial charge on any atom is 0.331 e. The normalized spacial score (nSPS) is 16.5. The molecule has 0 saturated carbocycles. The van der Waals surface area contributed by atoms with Crippen LogP contribution in [0.4, 0.5) is 0 Å². The van der Waals surface area contributed by atoms with Gasteiger partial charge in [-0.25, -0.2) is 4.79 Å². The highest BCUT2D eigenvalue weighted by molar-refractivity contribution is 5.85. The summed E-state index contributed by atoms with van der Waals surface area (Å²) >= 11 is 0. The fourth-order valence-electron chi connectivity index (χ4n) is 1.00. The summed E-state index contributed by atoms with van der Waals surface area (Å²) in [4.78, 5) is 10.6. The molecular formula is C8H12O3. The van der Waals surface area contributed by atoms with E-state index in [0.29, 0.717) is 6.61 Å². The van der Waals surface area contributed by atoms with Crippen LogP contribution in [0.15, 0.2) is 11.6 Å². The first-order chi connectivity index (χ1) is 5.33. The predicted octanol–water partition coefficient (Wildman–Crippen LogP) is 0.896. The van der Waals surface area contributed by atoms with Gasteiger partial charge in [0.1, 0.15) is 6.61 Å². The minimum absolute atomic E-state index is 0.211. The molecule has 1 rings (SSSR count). The largest absolute Gasteiger partial charge is 0.458 e. The number of ether oxygens (including phenoxy) is 2. The topological polar surface area (TPSA) is 35.5 Å². The molecule has 0 spiro atoms. The fraction of sp³-hybridized carbons (Fsp3) is 0.625. The van der Waals surface area contributed by atoms with E-state index < -0.39 is 0 Å². The van der Waals surface area contributed by atoms with Crippen molar-refractivity contribution in [2.75, 3.05) is 20.3 Å². The molecule has 1 aliphatic heterocycles. The van der Waals surface area contributed by atoms with Crippen LogP contribution < -0.4 is 0 Å². The van der Waals surface area contributed by atoms with Crippen molar-refractivity contribution in [3.05, 3.63) is 11.6 Å². The average molecular weight is 156 g/mol. The molecule has 0 unspecified atom stereocenters. The van der Waals surface area contributed by atoms with Crippen molar-refractivity contribution in [2.24, 2.45) is 0 Å². The van der Waals surface area contributed by atoms with Gasteiger partial charge in [0.2, 0.25) is 0 Å². The van der Waals surface area contributed by atoms with Gasteiger partial charge in [-0.1, -0.05) is 0 Å². The van der Waals surface area contributed by atoms with Crippen molar-refractivity contribution in [1.82, 2.24) is 0 Å². The lowest BCUT2D eigenvalue weighted by atomic mass is 10.1. The Bertz CT molecular complexity index is 172. The Balaban J connectivity index is 2.17. The quantitative estimate of drug-likeness (QED) is 0.448. The molecule has 3 nitrogen and oxygen atoms in total. The van der Waals surface area contributed by atoms with Crippen LogP contribution >= 0.6 is 0 Å².